The fourth-order valence-electron chi connectivity index (χ4n) is 8.19. The maximum atomic E-state index is 12.6. The standard InChI is InChI=1S/C43H62O6/c1-6-9-10-11-32-12-14-33(15-13-32)16-17-34-22-24-43(25-23-34,37-18-20-39(35(7-2)26-37)48-41(46)30(4)28-44)38-19-21-40(36(8-3)27-38)49-42(47)31(5)29-45/h18-21,26-27,31-34,44-45H,4,6-17,22-25,28-29H2,1-3,5H3. The topological polar surface area (TPSA) is 93.1 Å². The van der Waals surface area contributed by atoms with E-state index < -0.39 is 24.5 Å². The zero-order chi connectivity index (χ0) is 35.4. The molecule has 49 heavy (non-hydrogen) atoms. The Hall–Kier alpha value is -2.96. The van der Waals surface area contributed by atoms with Crippen LogP contribution in [0.4, 0.5) is 0 Å². The second-order valence-corrected chi connectivity index (χ2v) is 15.0. The lowest BCUT2D eigenvalue weighted by Gasteiger charge is -2.42. The van der Waals surface area contributed by atoms with Crippen molar-refractivity contribution >= 4 is 11.9 Å². The minimum atomic E-state index is -0.613. The molecular weight excluding hydrogens is 612 g/mol. The number of aryl methyl sites for hydroxylation is 2. The number of rotatable bonds is 17. The number of carbonyl (C=O) groups is 2. The molecule has 0 amide bonds. The van der Waals surface area contributed by atoms with Crippen molar-refractivity contribution in [2.45, 2.75) is 136 Å². The van der Waals surface area contributed by atoms with Crippen LogP contribution in [0.5, 0.6) is 11.5 Å². The van der Waals surface area contributed by atoms with Gasteiger partial charge >= 0.3 is 11.9 Å². The average Bonchev–Trinajstić information content (AvgIpc) is 3.14. The van der Waals surface area contributed by atoms with Gasteiger partial charge in [-0.25, -0.2) is 4.79 Å². The molecule has 1 unspecified atom stereocenters. The summed E-state index contributed by atoms with van der Waals surface area (Å²) in [6.07, 6.45) is 19.6. The van der Waals surface area contributed by atoms with Crippen molar-refractivity contribution in [2.24, 2.45) is 23.7 Å². The number of unbranched alkanes of at least 4 members (excludes halogenated alkanes) is 2. The van der Waals surface area contributed by atoms with E-state index in [1.165, 1.54) is 75.3 Å². The van der Waals surface area contributed by atoms with E-state index >= 15 is 0 Å². The summed E-state index contributed by atoms with van der Waals surface area (Å²) in [6, 6.07) is 12.5. The Morgan fingerprint density at radius 1 is 0.776 bits per heavy atom. The second-order valence-electron chi connectivity index (χ2n) is 15.0. The van der Waals surface area contributed by atoms with Gasteiger partial charge in [0, 0.05) is 5.41 Å². The largest absolute Gasteiger partial charge is 0.426 e. The van der Waals surface area contributed by atoms with Crippen molar-refractivity contribution in [2.75, 3.05) is 13.2 Å². The summed E-state index contributed by atoms with van der Waals surface area (Å²) in [5.41, 5.74) is 4.17. The highest BCUT2D eigenvalue weighted by Crippen LogP contribution is 2.49. The van der Waals surface area contributed by atoms with E-state index in [0.717, 1.165) is 54.6 Å². The van der Waals surface area contributed by atoms with E-state index in [9.17, 15) is 19.8 Å². The van der Waals surface area contributed by atoms with E-state index in [1.807, 2.05) is 12.1 Å². The van der Waals surface area contributed by atoms with Gasteiger partial charge in [0.2, 0.25) is 0 Å². The van der Waals surface area contributed by atoms with E-state index in [4.69, 9.17) is 9.47 Å². The fraction of sp³-hybridized carbons (Fsp3) is 0.628. The highest BCUT2D eigenvalue weighted by molar-refractivity contribution is 5.89. The Morgan fingerprint density at radius 2 is 1.29 bits per heavy atom. The summed E-state index contributed by atoms with van der Waals surface area (Å²) in [6.45, 7) is 11.0. The molecule has 6 heteroatoms. The van der Waals surface area contributed by atoms with Crippen LogP contribution < -0.4 is 9.47 Å². The van der Waals surface area contributed by atoms with Gasteiger partial charge in [0.05, 0.1) is 24.7 Å². The Bertz CT molecular complexity index is 1380. The number of esters is 2. The highest BCUT2D eigenvalue weighted by atomic mass is 16.5. The molecule has 2 N–H and O–H groups in total. The third kappa shape index (κ3) is 10.1. The Balaban J connectivity index is 1.55. The van der Waals surface area contributed by atoms with Gasteiger partial charge in [0.15, 0.2) is 0 Å². The average molecular weight is 675 g/mol. The van der Waals surface area contributed by atoms with Gasteiger partial charge in [-0.1, -0.05) is 116 Å². The van der Waals surface area contributed by atoms with Crippen molar-refractivity contribution in [3.63, 3.8) is 0 Å². The number of aliphatic hydroxyl groups excluding tert-OH is 2. The molecule has 2 aromatic rings. The van der Waals surface area contributed by atoms with E-state index in [0.29, 0.717) is 24.3 Å². The number of hydrogen-bond donors (Lipinski definition) is 2. The lowest BCUT2D eigenvalue weighted by molar-refractivity contribution is -0.139. The van der Waals surface area contributed by atoms with Gasteiger partial charge in [-0.05, 0) is 97.6 Å². The third-order valence-electron chi connectivity index (χ3n) is 11.7. The van der Waals surface area contributed by atoms with E-state index in [1.54, 1.807) is 6.92 Å². The predicted octanol–water partition coefficient (Wildman–Crippen LogP) is 9.44. The molecule has 270 valence electrons. The molecule has 0 spiro atoms. The zero-order valence-corrected chi connectivity index (χ0v) is 30.7. The van der Waals surface area contributed by atoms with Gasteiger partial charge in [0.1, 0.15) is 11.5 Å². The molecule has 0 radical (unpaired) electrons. The third-order valence-corrected chi connectivity index (χ3v) is 11.7. The predicted molar refractivity (Wildman–Crippen MR) is 197 cm³/mol. The first-order chi connectivity index (χ1) is 23.7. The lowest BCUT2D eigenvalue weighted by Crippen LogP contribution is -2.34. The van der Waals surface area contributed by atoms with Crippen LogP contribution in [0, 0.1) is 23.7 Å². The summed E-state index contributed by atoms with van der Waals surface area (Å²) >= 11 is 0. The van der Waals surface area contributed by atoms with Gasteiger partial charge in [-0.3, -0.25) is 4.79 Å². The Labute approximate surface area is 295 Å². The molecule has 0 bridgehead atoms. The normalized spacial score (nSPS) is 23.1. The number of benzene rings is 2. The first kappa shape index (κ1) is 38.8. The lowest BCUT2D eigenvalue weighted by atomic mass is 9.62. The molecule has 0 aliphatic heterocycles. The van der Waals surface area contributed by atoms with Crippen LogP contribution in [-0.2, 0) is 27.8 Å². The van der Waals surface area contributed by atoms with Crippen molar-refractivity contribution in [1.82, 2.24) is 0 Å². The minimum Gasteiger partial charge on any atom is -0.426 e. The zero-order valence-electron chi connectivity index (χ0n) is 30.7. The molecular formula is C43H62O6. The molecule has 2 saturated carbocycles. The summed E-state index contributed by atoms with van der Waals surface area (Å²) in [7, 11) is 0. The second kappa shape index (κ2) is 18.9. The molecule has 2 aliphatic carbocycles. The number of ether oxygens (including phenoxy) is 2. The number of hydrogen-bond acceptors (Lipinski definition) is 6. The van der Waals surface area contributed by atoms with Gasteiger partial charge in [-0.15, -0.1) is 0 Å². The van der Waals surface area contributed by atoms with Crippen LogP contribution in [0.1, 0.15) is 140 Å². The molecule has 6 nitrogen and oxygen atoms in total. The molecule has 0 heterocycles. The number of aliphatic hydroxyl groups is 2. The molecule has 4 rings (SSSR count). The van der Waals surface area contributed by atoms with E-state index in [2.05, 4.69) is 51.6 Å². The molecule has 2 aliphatic rings. The van der Waals surface area contributed by atoms with Crippen LogP contribution in [0.15, 0.2) is 48.6 Å². The summed E-state index contributed by atoms with van der Waals surface area (Å²) in [4.78, 5) is 25.0. The van der Waals surface area contributed by atoms with Crippen molar-refractivity contribution in [3.05, 3.63) is 70.8 Å². The van der Waals surface area contributed by atoms with Crippen molar-refractivity contribution in [3.8, 4) is 11.5 Å². The van der Waals surface area contributed by atoms with Crippen LogP contribution in [0.2, 0.25) is 0 Å². The van der Waals surface area contributed by atoms with Crippen LogP contribution in [-0.4, -0.2) is 35.4 Å². The van der Waals surface area contributed by atoms with Gasteiger partial charge in [-0.2, -0.15) is 0 Å². The quantitative estimate of drug-likeness (QED) is 0.0752. The smallest absolute Gasteiger partial charge is 0.341 e. The van der Waals surface area contributed by atoms with Crippen molar-refractivity contribution in [1.29, 1.82) is 0 Å². The first-order valence-corrected chi connectivity index (χ1v) is 19.3. The minimum absolute atomic E-state index is 0.0298. The van der Waals surface area contributed by atoms with Crippen LogP contribution >= 0.6 is 0 Å². The van der Waals surface area contributed by atoms with Gasteiger partial charge < -0.3 is 19.7 Å². The number of carbonyl (C=O) groups excluding carboxylic acids is 2. The molecule has 1 atom stereocenters. The maximum absolute atomic E-state index is 12.6. The SMILES string of the molecule is C=C(CO)C(=O)Oc1ccc(C2(c3ccc(OC(=O)C(C)CO)c(CC)c3)CCC(CCC3CCC(CCCCC)CC3)CC2)cc1CC. The van der Waals surface area contributed by atoms with Crippen molar-refractivity contribution < 1.29 is 29.3 Å². The maximum Gasteiger partial charge on any atom is 0.341 e. The summed E-state index contributed by atoms with van der Waals surface area (Å²) < 4.78 is 11.4. The van der Waals surface area contributed by atoms with Crippen LogP contribution in [0.3, 0.4) is 0 Å². The summed E-state index contributed by atoms with van der Waals surface area (Å²) in [5, 5.41) is 18.8. The Morgan fingerprint density at radius 3 is 1.78 bits per heavy atom. The fourth-order valence-corrected chi connectivity index (χ4v) is 8.19. The summed E-state index contributed by atoms with van der Waals surface area (Å²) in [5.74, 6) is 2.00. The van der Waals surface area contributed by atoms with Crippen LogP contribution in [0.25, 0.3) is 0 Å². The molecule has 0 aromatic heterocycles. The van der Waals surface area contributed by atoms with Gasteiger partial charge in [0.25, 0.3) is 0 Å². The molecule has 2 aromatic carbocycles. The van der Waals surface area contributed by atoms with E-state index in [-0.39, 0.29) is 17.6 Å². The highest BCUT2D eigenvalue weighted by Gasteiger charge is 2.39. The molecule has 2 fully saturated rings. The molecule has 0 saturated heterocycles. The Kier molecular flexibility index (Phi) is 15.0. The monoisotopic (exact) mass is 674 g/mol. The first-order valence-electron chi connectivity index (χ1n) is 19.3.